The van der Waals surface area contributed by atoms with E-state index < -0.39 is 0 Å². The molecule has 9 heteroatoms. The molecule has 186 valence electrons. The highest BCUT2D eigenvalue weighted by molar-refractivity contribution is 5.88. The van der Waals surface area contributed by atoms with Gasteiger partial charge in [0.2, 0.25) is 0 Å². The van der Waals surface area contributed by atoms with Crippen molar-refractivity contribution >= 4 is 16.7 Å². The van der Waals surface area contributed by atoms with Crippen LogP contribution in [0.5, 0.6) is 0 Å². The molecule has 1 fully saturated rings. The van der Waals surface area contributed by atoms with Crippen molar-refractivity contribution in [2.45, 2.75) is 58.5 Å². The minimum Gasteiger partial charge on any atom is -0.377 e. The molecule has 1 aliphatic rings. The number of hydrogen-bond acceptors (Lipinski definition) is 6. The second-order valence-electron chi connectivity index (χ2n) is 9.52. The molecule has 0 radical (unpaired) electrons. The SMILES string of the molecule is COC(C)c1cc(F)ccc1C(C)N1C[C@H](C)N(c2cc(=O)n(C)c3cn(CC#N)nc23)C[C@H]1C. The Kier molecular flexibility index (Phi) is 6.97. The highest BCUT2D eigenvalue weighted by atomic mass is 19.1. The largest absolute Gasteiger partial charge is 0.377 e. The maximum absolute atomic E-state index is 14.0. The summed E-state index contributed by atoms with van der Waals surface area (Å²) in [5, 5.41) is 13.7. The van der Waals surface area contributed by atoms with Gasteiger partial charge >= 0.3 is 0 Å². The van der Waals surface area contributed by atoms with Gasteiger partial charge in [-0.2, -0.15) is 10.4 Å². The number of ether oxygens (including phenoxy) is 1. The van der Waals surface area contributed by atoms with Crippen LogP contribution < -0.4 is 10.5 Å². The zero-order valence-corrected chi connectivity index (χ0v) is 21.2. The van der Waals surface area contributed by atoms with Crippen molar-refractivity contribution in [2.75, 3.05) is 25.1 Å². The van der Waals surface area contributed by atoms with Crippen LogP contribution in [0.1, 0.15) is 51.0 Å². The van der Waals surface area contributed by atoms with E-state index in [4.69, 9.17) is 10.00 Å². The van der Waals surface area contributed by atoms with E-state index >= 15 is 0 Å². The van der Waals surface area contributed by atoms with Gasteiger partial charge in [-0.15, -0.1) is 0 Å². The average molecular weight is 481 g/mol. The fourth-order valence-corrected chi connectivity index (χ4v) is 5.22. The maximum Gasteiger partial charge on any atom is 0.252 e. The summed E-state index contributed by atoms with van der Waals surface area (Å²) < 4.78 is 22.7. The lowest BCUT2D eigenvalue weighted by molar-refractivity contribution is 0.104. The first-order valence-electron chi connectivity index (χ1n) is 11.9. The number of methoxy groups -OCH3 is 1. The molecule has 1 aromatic carbocycles. The predicted octanol–water partition coefficient (Wildman–Crippen LogP) is 3.77. The Balaban J connectivity index is 1.67. The Bertz CT molecular complexity index is 1330. The van der Waals surface area contributed by atoms with Crippen LogP contribution in [0, 0.1) is 17.1 Å². The van der Waals surface area contributed by atoms with E-state index in [0.29, 0.717) is 12.1 Å². The van der Waals surface area contributed by atoms with Gasteiger partial charge in [0.15, 0.2) is 0 Å². The van der Waals surface area contributed by atoms with E-state index in [-0.39, 0.29) is 42.2 Å². The Labute approximate surface area is 205 Å². The summed E-state index contributed by atoms with van der Waals surface area (Å²) in [5.74, 6) is -0.267. The van der Waals surface area contributed by atoms with Crippen molar-refractivity contribution in [3.05, 3.63) is 57.8 Å². The molecule has 4 rings (SSSR count). The van der Waals surface area contributed by atoms with Crippen LogP contribution in [-0.4, -0.2) is 51.5 Å². The van der Waals surface area contributed by atoms with E-state index in [1.54, 1.807) is 41.7 Å². The first-order chi connectivity index (χ1) is 16.7. The summed E-state index contributed by atoms with van der Waals surface area (Å²) >= 11 is 0. The molecule has 1 saturated heterocycles. The fourth-order valence-electron chi connectivity index (χ4n) is 5.22. The normalized spacial score (nSPS) is 20.7. The molecule has 3 heterocycles. The van der Waals surface area contributed by atoms with Gasteiger partial charge in [0, 0.05) is 51.4 Å². The van der Waals surface area contributed by atoms with Gasteiger partial charge in [-0.05, 0) is 51.0 Å². The molecule has 8 nitrogen and oxygen atoms in total. The summed E-state index contributed by atoms with van der Waals surface area (Å²) in [4.78, 5) is 17.4. The van der Waals surface area contributed by atoms with E-state index in [9.17, 15) is 9.18 Å². The number of hydrogen-bond donors (Lipinski definition) is 0. The number of halogens is 1. The molecule has 2 aromatic heterocycles. The Hall–Kier alpha value is -3.22. The summed E-state index contributed by atoms with van der Waals surface area (Å²) in [6.45, 7) is 9.99. The Morgan fingerprint density at radius 2 is 1.94 bits per heavy atom. The molecular formula is C26H33FN6O2. The Morgan fingerprint density at radius 1 is 1.20 bits per heavy atom. The minimum absolute atomic E-state index is 0.0568. The molecule has 1 aliphatic heterocycles. The first kappa shape index (κ1) is 24.9. The molecule has 4 atom stereocenters. The smallest absolute Gasteiger partial charge is 0.252 e. The maximum atomic E-state index is 14.0. The fraction of sp³-hybridized carbons (Fsp3) is 0.500. The van der Waals surface area contributed by atoms with Crippen LogP contribution in [0.25, 0.3) is 11.0 Å². The lowest BCUT2D eigenvalue weighted by atomic mass is 9.94. The van der Waals surface area contributed by atoms with Gasteiger partial charge in [-0.1, -0.05) is 6.07 Å². The minimum atomic E-state index is -0.267. The van der Waals surface area contributed by atoms with Crippen LogP contribution in [0.3, 0.4) is 0 Å². The number of nitrogens with zero attached hydrogens (tertiary/aromatic N) is 6. The van der Waals surface area contributed by atoms with E-state index in [2.05, 4.69) is 41.7 Å². The van der Waals surface area contributed by atoms with Crippen LogP contribution in [0.15, 0.2) is 35.3 Å². The summed E-state index contributed by atoms with van der Waals surface area (Å²) in [7, 11) is 3.36. The molecule has 3 aromatic rings. The number of nitriles is 1. The lowest BCUT2D eigenvalue weighted by Gasteiger charge is -2.48. The second-order valence-corrected chi connectivity index (χ2v) is 9.52. The molecule has 0 N–H and O–H groups in total. The van der Waals surface area contributed by atoms with Crippen LogP contribution in [0.2, 0.25) is 0 Å². The zero-order chi connectivity index (χ0) is 25.4. The van der Waals surface area contributed by atoms with Crippen molar-refractivity contribution in [3.63, 3.8) is 0 Å². The highest BCUT2D eigenvalue weighted by Gasteiger charge is 2.35. The molecule has 2 unspecified atom stereocenters. The van der Waals surface area contributed by atoms with Crippen molar-refractivity contribution in [2.24, 2.45) is 7.05 Å². The molecule has 0 spiro atoms. The highest BCUT2D eigenvalue weighted by Crippen LogP contribution is 2.35. The second kappa shape index (κ2) is 9.80. The van der Waals surface area contributed by atoms with Crippen LogP contribution >= 0.6 is 0 Å². The zero-order valence-electron chi connectivity index (χ0n) is 21.2. The molecule has 0 amide bonds. The number of piperazine rings is 1. The summed E-state index contributed by atoms with van der Waals surface area (Å²) in [5.41, 5.74) is 4.03. The summed E-state index contributed by atoms with van der Waals surface area (Å²) in [6, 6.07) is 9.02. The molecule has 0 aliphatic carbocycles. The number of benzene rings is 1. The molecular weight excluding hydrogens is 447 g/mol. The third-order valence-corrected chi connectivity index (χ3v) is 7.30. The number of fused-ring (bicyclic) bond motifs is 1. The van der Waals surface area contributed by atoms with Crippen molar-refractivity contribution in [1.82, 2.24) is 19.2 Å². The molecule has 35 heavy (non-hydrogen) atoms. The number of pyridine rings is 1. The number of aromatic nitrogens is 3. The lowest BCUT2D eigenvalue weighted by Crippen LogP contribution is -2.57. The van der Waals surface area contributed by atoms with Crippen molar-refractivity contribution < 1.29 is 9.13 Å². The van der Waals surface area contributed by atoms with Gasteiger partial charge in [-0.25, -0.2) is 4.39 Å². The number of aryl methyl sites for hydroxylation is 1. The number of rotatable bonds is 6. The standard InChI is InChI=1S/C26H33FN6O2/c1-16-14-33(23-12-25(34)30(5)24-15-31(10-9-28)29-26(23)24)17(2)13-32(16)18(3)21-8-7-20(27)11-22(21)19(4)35-6/h7-8,11-12,15-19H,10,13-14H2,1-6H3/t16-,17+,18?,19?/m1/s1. The monoisotopic (exact) mass is 480 g/mol. The van der Waals surface area contributed by atoms with Gasteiger partial charge in [0.05, 0.1) is 29.6 Å². The Morgan fingerprint density at radius 3 is 2.63 bits per heavy atom. The third-order valence-electron chi connectivity index (χ3n) is 7.30. The first-order valence-corrected chi connectivity index (χ1v) is 11.9. The number of anilines is 1. The van der Waals surface area contributed by atoms with Gasteiger partial charge in [0.1, 0.15) is 17.9 Å². The van der Waals surface area contributed by atoms with Crippen LogP contribution in [-0.2, 0) is 18.3 Å². The van der Waals surface area contributed by atoms with E-state index in [1.807, 2.05) is 13.0 Å². The van der Waals surface area contributed by atoms with Gasteiger partial charge < -0.3 is 14.2 Å². The van der Waals surface area contributed by atoms with Crippen molar-refractivity contribution in [1.29, 1.82) is 5.26 Å². The molecule has 0 bridgehead atoms. The summed E-state index contributed by atoms with van der Waals surface area (Å²) in [6.07, 6.45) is 1.54. The van der Waals surface area contributed by atoms with Crippen molar-refractivity contribution in [3.8, 4) is 6.07 Å². The van der Waals surface area contributed by atoms with E-state index in [0.717, 1.165) is 28.9 Å². The third kappa shape index (κ3) is 4.56. The quantitative estimate of drug-likeness (QED) is 0.535. The average Bonchev–Trinajstić information content (AvgIpc) is 3.26. The van der Waals surface area contributed by atoms with Gasteiger partial charge in [0.25, 0.3) is 5.56 Å². The topological polar surface area (TPSA) is 79.3 Å². The van der Waals surface area contributed by atoms with E-state index in [1.165, 1.54) is 6.07 Å². The van der Waals surface area contributed by atoms with Crippen LogP contribution in [0.4, 0.5) is 10.1 Å². The van der Waals surface area contributed by atoms with Gasteiger partial charge in [-0.3, -0.25) is 14.4 Å². The predicted molar refractivity (Wildman–Crippen MR) is 134 cm³/mol. The molecule has 0 saturated carbocycles.